The fourth-order valence-electron chi connectivity index (χ4n) is 3.10. The molecule has 1 atom stereocenters. The Kier molecular flexibility index (Phi) is 4.09. The zero-order valence-electron chi connectivity index (χ0n) is 12.7. The third kappa shape index (κ3) is 2.82. The van der Waals surface area contributed by atoms with Crippen LogP contribution in [0.15, 0.2) is 48.7 Å². The van der Waals surface area contributed by atoms with Gasteiger partial charge in [-0.2, -0.15) is 0 Å². The lowest BCUT2D eigenvalue weighted by atomic mass is 10.0. The van der Waals surface area contributed by atoms with E-state index in [1.807, 2.05) is 65.2 Å². The second-order valence-corrected chi connectivity index (χ2v) is 5.79. The molecule has 2 heterocycles. The monoisotopic (exact) mass is 296 g/mol. The van der Waals surface area contributed by atoms with Gasteiger partial charge in [-0.3, -0.25) is 9.59 Å². The molecule has 1 amide bonds. The Labute approximate surface area is 130 Å². The van der Waals surface area contributed by atoms with Crippen LogP contribution in [-0.2, 0) is 7.05 Å². The number of carbonyl (C=O) groups excluding carboxylic acids is 2. The molecule has 4 nitrogen and oxygen atoms in total. The maximum atomic E-state index is 12.7. The van der Waals surface area contributed by atoms with Crippen molar-refractivity contribution >= 4 is 11.7 Å². The van der Waals surface area contributed by atoms with E-state index in [-0.39, 0.29) is 17.7 Å². The highest BCUT2D eigenvalue weighted by atomic mass is 16.2. The minimum atomic E-state index is 0.00936. The van der Waals surface area contributed by atoms with Gasteiger partial charge in [0.15, 0.2) is 5.78 Å². The summed E-state index contributed by atoms with van der Waals surface area (Å²) < 4.78 is 1.83. The third-order valence-electron chi connectivity index (χ3n) is 4.32. The quantitative estimate of drug-likeness (QED) is 0.814. The largest absolute Gasteiger partial charge is 0.347 e. The van der Waals surface area contributed by atoms with Gasteiger partial charge < -0.3 is 9.47 Å². The van der Waals surface area contributed by atoms with Crippen LogP contribution in [0.25, 0.3) is 0 Å². The molecule has 0 N–H and O–H groups in total. The highest BCUT2D eigenvalue weighted by Crippen LogP contribution is 2.24. The summed E-state index contributed by atoms with van der Waals surface area (Å²) in [5, 5.41) is 0. The number of aryl methyl sites for hydroxylation is 1. The molecule has 0 radical (unpaired) electrons. The number of rotatable bonds is 4. The molecule has 114 valence electrons. The summed E-state index contributed by atoms with van der Waals surface area (Å²) in [6.45, 7) is 0.733. The second kappa shape index (κ2) is 6.18. The van der Waals surface area contributed by atoms with E-state index < -0.39 is 0 Å². The zero-order valence-corrected chi connectivity index (χ0v) is 12.7. The fraction of sp³-hybridized carbons (Fsp3) is 0.333. The van der Waals surface area contributed by atoms with E-state index in [0.29, 0.717) is 12.1 Å². The molecule has 0 spiro atoms. The fourth-order valence-corrected chi connectivity index (χ4v) is 3.10. The van der Waals surface area contributed by atoms with Gasteiger partial charge in [-0.15, -0.1) is 0 Å². The van der Waals surface area contributed by atoms with Crippen LogP contribution in [0.3, 0.4) is 0 Å². The first-order valence-corrected chi connectivity index (χ1v) is 7.67. The van der Waals surface area contributed by atoms with Crippen molar-refractivity contribution in [1.82, 2.24) is 9.47 Å². The van der Waals surface area contributed by atoms with E-state index in [1.54, 1.807) is 0 Å². The van der Waals surface area contributed by atoms with Gasteiger partial charge in [-0.1, -0.05) is 30.3 Å². The topological polar surface area (TPSA) is 42.3 Å². The van der Waals surface area contributed by atoms with Gasteiger partial charge in [-0.25, -0.2) is 0 Å². The first kappa shape index (κ1) is 14.6. The van der Waals surface area contributed by atoms with E-state index in [0.717, 1.165) is 24.9 Å². The van der Waals surface area contributed by atoms with Crippen LogP contribution in [0, 0.1) is 0 Å². The van der Waals surface area contributed by atoms with Crippen LogP contribution in [0.5, 0.6) is 0 Å². The van der Waals surface area contributed by atoms with Crippen molar-refractivity contribution in [3.05, 3.63) is 59.9 Å². The number of Topliss-reactive ketones (excluding diaryl/α,β-unsaturated/α-hetero) is 1. The van der Waals surface area contributed by atoms with Crippen molar-refractivity contribution in [3.8, 4) is 0 Å². The lowest BCUT2D eigenvalue weighted by Crippen LogP contribution is -2.37. The Morgan fingerprint density at radius 3 is 2.59 bits per heavy atom. The van der Waals surface area contributed by atoms with Crippen LogP contribution in [-0.4, -0.2) is 33.7 Å². The summed E-state index contributed by atoms with van der Waals surface area (Å²) in [6, 6.07) is 13.0. The Balaban J connectivity index is 1.72. The highest BCUT2D eigenvalue weighted by Gasteiger charge is 2.31. The molecule has 0 saturated carbocycles. The minimum Gasteiger partial charge on any atom is -0.347 e. The molecule has 1 aliphatic rings. The number of likely N-dealkylation sites (tertiary alicyclic amines) is 1. The molecule has 4 heteroatoms. The van der Waals surface area contributed by atoms with Crippen molar-refractivity contribution in [2.24, 2.45) is 7.05 Å². The summed E-state index contributed by atoms with van der Waals surface area (Å²) in [5.41, 5.74) is 1.40. The Hall–Kier alpha value is -2.36. The molecule has 2 aromatic rings. The van der Waals surface area contributed by atoms with Crippen LogP contribution in [0.2, 0.25) is 0 Å². The summed E-state index contributed by atoms with van der Waals surface area (Å²) >= 11 is 0. The van der Waals surface area contributed by atoms with E-state index in [1.165, 1.54) is 0 Å². The highest BCUT2D eigenvalue weighted by molar-refractivity contribution is 5.97. The number of amides is 1. The van der Waals surface area contributed by atoms with E-state index >= 15 is 0 Å². The number of carbonyl (C=O) groups is 2. The molecule has 1 aromatic carbocycles. The predicted octanol–water partition coefficient (Wildman–Crippen LogP) is 2.90. The molecule has 0 aliphatic carbocycles. The lowest BCUT2D eigenvalue weighted by molar-refractivity contribution is 0.0708. The zero-order chi connectivity index (χ0) is 15.5. The number of hydrogen-bond donors (Lipinski definition) is 0. The molecular weight excluding hydrogens is 276 g/mol. The smallest absolute Gasteiger partial charge is 0.270 e. The Morgan fingerprint density at radius 2 is 1.91 bits per heavy atom. The van der Waals surface area contributed by atoms with Gasteiger partial charge in [0.05, 0.1) is 0 Å². The number of aromatic nitrogens is 1. The van der Waals surface area contributed by atoms with Gasteiger partial charge in [0.25, 0.3) is 5.91 Å². The average molecular weight is 296 g/mol. The van der Waals surface area contributed by atoms with Crippen molar-refractivity contribution in [3.63, 3.8) is 0 Å². The third-order valence-corrected chi connectivity index (χ3v) is 4.32. The summed E-state index contributed by atoms with van der Waals surface area (Å²) in [4.78, 5) is 26.9. The lowest BCUT2D eigenvalue weighted by Gasteiger charge is -2.24. The summed E-state index contributed by atoms with van der Waals surface area (Å²) in [7, 11) is 1.87. The maximum absolute atomic E-state index is 12.7. The van der Waals surface area contributed by atoms with Gasteiger partial charge >= 0.3 is 0 Å². The Bertz CT molecular complexity index is 675. The molecule has 1 aromatic heterocycles. The maximum Gasteiger partial charge on any atom is 0.270 e. The number of benzene rings is 1. The van der Waals surface area contributed by atoms with Crippen LogP contribution < -0.4 is 0 Å². The minimum absolute atomic E-state index is 0.00936. The predicted molar refractivity (Wildman–Crippen MR) is 84.9 cm³/mol. The normalized spacial score (nSPS) is 17.7. The molecular formula is C18H20N2O2. The van der Waals surface area contributed by atoms with Gasteiger partial charge in [0.2, 0.25) is 0 Å². The SMILES string of the molecule is Cn1cccc1C(=O)N1CCCC1CC(=O)c1ccccc1. The van der Waals surface area contributed by atoms with Gasteiger partial charge in [0, 0.05) is 37.8 Å². The summed E-state index contributed by atoms with van der Waals surface area (Å²) in [5.74, 6) is 0.132. The molecule has 0 bridgehead atoms. The van der Waals surface area contributed by atoms with E-state index in [2.05, 4.69) is 0 Å². The standard InChI is InChI=1S/C18H20N2O2/c1-19-11-6-10-16(19)18(22)20-12-5-9-15(20)13-17(21)14-7-3-2-4-8-14/h2-4,6-8,10-11,15H,5,9,12-13H2,1H3. The van der Waals surface area contributed by atoms with Gasteiger partial charge in [-0.05, 0) is 25.0 Å². The number of nitrogens with zero attached hydrogens (tertiary/aromatic N) is 2. The molecule has 1 aliphatic heterocycles. The average Bonchev–Trinajstić information content (AvgIpc) is 3.16. The van der Waals surface area contributed by atoms with E-state index in [4.69, 9.17) is 0 Å². The van der Waals surface area contributed by atoms with E-state index in [9.17, 15) is 9.59 Å². The molecule has 3 rings (SSSR count). The van der Waals surface area contributed by atoms with Gasteiger partial charge in [0.1, 0.15) is 5.69 Å². The second-order valence-electron chi connectivity index (χ2n) is 5.79. The Morgan fingerprint density at radius 1 is 1.14 bits per heavy atom. The van der Waals surface area contributed by atoms with Crippen LogP contribution in [0.4, 0.5) is 0 Å². The van der Waals surface area contributed by atoms with Crippen molar-refractivity contribution in [1.29, 1.82) is 0 Å². The van der Waals surface area contributed by atoms with Crippen molar-refractivity contribution in [2.75, 3.05) is 6.54 Å². The van der Waals surface area contributed by atoms with Crippen LogP contribution in [0.1, 0.15) is 40.1 Å². The molecule has 1 unspecified atom stereocenters. The first-order chi connectivity index (χ1) is 10.7. The number of hydrogen-bond acceptors (Lipinski definition) is 2. The molecule has 22 heavy (non-hydrogen) atoms. The van der Waals surface area contributed by atoms with Crippen molar-refractivity contribution < 1.29 is 9.59 Å². The van der Waals surface area contributed by atoms with Crippen LogP contribution >= 0.6 is 0 Å². The van der Waals surface area contributed by atoms with Crippen molar-refractivity contribution in [2.45, 2.75) is 25.3 Å². The summed E-state index contributed by atoms with van der Waals surface area (Å²) in [6.07, 6.45) is 4.13. The molecule has 1 fully saturated rings. The number of ketones is 1. The molecule has 1 saturated heterocycles. The first-order valence-electron chi connectivity index (χ1n) is 7.67.